The lowest BCUT2D eigenvalue weighted by Gasteiger charge is -1.98. The maximum absolute atomic E-state index is 10.2. The van der Waals surface area contributed by atoms with Gasteiger partial charge in [0, 0.05) is 6.42 Å². The molecule has 0 aromatic heterocycles. The molecule has 0 heterocycles. The highest BCUT2D eigenvalue weighted by Gasteiger charge is 1.95. The van der Waals surface area contributed by atoms with Crippen molar-refractivity contribution in [1.82, 2.24) is 0 Å². The molecule has 18 heavy (non-hydrogen) atoms. The number of carboxylic acids is 1. The molecular weight excluding hydrogens is 256 g/mol. The van der Waals surface area contributed by atoms with Crippen LogP contribution in [0.1, 0.15) is 51.4 Å². The lowest BCUT2D eigenvalue weighted by molar-refractivity contribution is -0.137. The Kier molecular flexibility index (Phi) is 13.6. The summed E-state index contributed by atoms with van der Waals surface area (Å²) in [5.41, 5.74) is 0. The summed E-state index contributed by atoms with van der Waals surface area (Å²) in [5.74, 6) is -0.674. The highest BCUT2D eigenvalue weighted by molar-refractivity contribution is 7.85. The van der Waals surface area contributed by atoms with E-state index in [4.69, 9.17) is 9.66 Å². The molecule has 0 saturated carbocycles. The van der Waals surface area contributed by atoms with Crippen molar-refractivity contribution in [1.29, 1.82) is 0 Å². The van der Waals surface area contributed by atoms with E-state index < -0.39 is 16.1 Å². The van der Waals surface area contributed by atoms with Crippen molar-refractivity contribution in [2.45, 2.75) is 51.4 Å². The average molecular weight is 280 g/mol. The van der Waals surface area contributed by atoms with E-state index in [1.54, 1.807) is 0 Å². The first-order valence-corrected chi connectivity index (χ1v) is 7.87. The minimum absolute atomic E-state index is 0.326. The molecule has 0 atom stereocenters. The fourth-order valence-electron chi connectivity index (χ4n) is 1.27. The number of carboxylic acid groups (broad SMARTS) is 1. The molecule has 5 nitrogen and oxygen atoms in total. The second-order valence-electron chi connectivity index (χ2n) is 4.08. The van der Waals surface area contributed by atoms with E-state index in [9.17, 15) is 13.2 Å². The van der Waals surface area contributed by atoms with E-state index >= 15 is 0 Å². The minimum atomic E-state index is -3.67. The number of allylic oxidation sites excluding steroid dienone is 1. The van der Waals surface area contributed by atoms with E-state index in [2.05, 4.69) is 6.58 Å². The van der Waals surface area contributed by atoms with Gasteiger partial charge in [-0.1, -0.05) is 31.8 Å². The SMILES string of the molecule is C=CCCCCCCCCC(=O)O.CS(=O)(=O)O. The Morgan fingerprint density at radius 3 is 1.89 bits per heavy atom. The van der Waals surface area contributed by atoms with Crippen LogP contribution in [0, 0.1) is 0 Å². The quantitative estimate of drug-likeness (QED) is 0.385. The average Bonchev–Trinajstić information content (AvgIpc) is 2.19. The normalized spacial score (nSPS) is 10.3. The highest BCUT2D eigenvalue weighted by atomic mass is 32.2. The molecule has 0 aromatic rings. The molecule has 0 fully saturated rings. The lowest BCUT2D eigenvalue weighted by atomic mass is 10.1. The first-order chi connectivity index (χ1) is 8.27. The third-order valence-corrected chi connectivity index (χ3v) is 2.05. The van der Waals surface area contributed by atoms with Gasteiger partial charge in [0.15, 0.2) is 0 Å². The number of hydrogen-bond acceptors (Lipinski definition) is 3. The van der Waals surface area contributed by atoms with Crippen molar-refractivity contribution >= 4 is 16.1 Å². The largest absolute Gasteiger partial charge is 0.481 e. The Morgan fingerprint density at radius 1 is 1.11 bits per heavy atom. The first-order valence-electron chi connectivity index (χ1n) is 6.02. The Bertz CT molecular complexity index is 300. The van der Waals surface area contributed by atoms with Crippen LogP contribution in [0.5, 0.6) is 0 Å². The number of hydrogen-bond donors (Lipinski definition) is 2. The molecule has 2 N–H and O–H groups in total. The van der Waals surface area contributed by atoms with E-state index in [1.807, 2.05) is 6.08 Å². The Morgan fingerprint density at radius 2 is 1.50 bits per heavy atom. The van der Waals surface area contributed by atoms with Gasteiger partial charge >= 0.3 is 5.97 Å². The molecule has 0 unspecified atom stereocenters. The van der Waals surface area contributed by atoms with Gasteiger partial charge in [-0.05, 0) is 19.3 Å². The van der Waals surface area contributed by atoms with Crippen molar-refractivity contribution in [2.24, 2.45) is 0 Å². The molecular formula is C12H24O5S. The molecule has 0 bridgehead atoms. The molecule has 0 radical (unpaired) electrons. The van der Waals surface area contributed by atoms with Gasteiger partial charge in [0.05, 0.1) is 6.26 Å². The summed E-state index contributed by atoms with van der Waals surface area (Å²) >= 11 is 0. The number of carbonyl (C=O) groups is 1. The molecule has 108 valence electrons. The smallest absolute Gasteiger partial charge is 0.303 e. The van der Waals surface area contributed by atoms with E-state index in [0.717, 1.165) is 19.3 Å². The van der Waals surface area contributed by atoms with E-state index in [0.29, 0.717) is 12.7 Å². The zero-order valence-electron chi connectivity index (χ0n) is 11.0. The third kappa shape index (κ3) is 36.2. The topological polar surface area (TPSA) is 91.7 Å². The van der Waals surface area contributed by atoms with E-state index in [-0.39, 0.29) is 0 Å². The second-order valence-corrected chi connectivity index (χ2v) is 5.54. The van der Waals surface area contributed by atoms with Crippen LogP contribution in [-0.2, 0) is 14.9 Å². The number of aliphatic carboxylic acids is 1. The molecule has 0 amide bonds. The van der Waals surface area contributed by atoms with Gasteiger partial charge in [0.1, 0.15) is 0 Å². The molecule has 0 aliphatic rings. The van der Waals surface area contributed by atoms with Crippen LogP contribution in [0.4, 0.5) is 0 Å². The molecule has 0 saturated heterocycles. The molecule has 0 spiro atoms. The van der Waals surface area contributed by atoms with Crippen LogP contribution in [0.2, 0.25) is 0 Å². The number of rotatable bonds is 9. The summed E-state index contributed by atoms with van der Waals surface area (Å²) in [6.07, 6.45) is 10.9. The summed E-state index contributed by atoms with van der Waals surface area (Å²) in [7, 11) is -3.67. The molecule has 0 rings (SSSR count). The van der Waals surface area contributed by atoms with Crippen molar-refractivity contribution in [2.75, 3.05) is 6.26 Å². The predicted molar refractivity (Wildman–Crippen MR) is 72.2 cm³/mol. The fraction of sp³-hybridized carbons (Fsp3) is 0.750. The van der Waals surface area contributed by atoms with Crippen molar-refractivity contribution in [3.05, 3.63) is 12.7 Å². The summed E-state index contributed by atoms with van der Waals surface area (Å²) in [6, 6.07) is 0. The summed E-state index contributed by atoms with van der Waals surface area (Å²) in [6.45, 7) is 3.66. The van der Waals surface area contributed by atoms with Crippen LogP contribution in [0.15, 0.2) is 12.7 Å². The van der Waals surface area contributed by atoms with E-state index in [1.165, 1.54) is 25.7 Å². The van der Waals surface area contributed by atoms with Gasteiger partial charge in [0.2, 0.25) is 0 Å². The van der Waals surface area contributed by atoms with Gasteiger partial charge in [-0.3, -0.25) is 9.35 Å². The third-order valence-electron chi connectivity index (χ3n) is 2.05. The summed E-state index contributed by atoms with van der Waals surface area (Å²) in [5, 5.41) is 8.38. The Balaban J connectivity index is 0. The van der Waals surface area contributed by atoms with Crippen LogP contribution in [0.25, 0.3) is 0 Å². The van der Waals surface area contributed by atoms with Gasteiger partial charge in [-0.2, -0.15) is 8.42 Å². The molecule has 0 aliphatic heterocycles. The molecule has 0 aliphatic carbocycles. The van der Waals surface area contributed by atoms with Crippen LogP contribution >= 0.6 is 0 Å². The second kappa shape index (κ2) is 12.6. The van der Waals surface area contributed by atoms with Crippen LogP contribution in [0.3, 0.4) is 0 Å². The monoisotopic (exact) mass is 280 g/mol. The van der Waals surface area contributed by atoms with Gasteiger partial charge in [-0.25, -0.2) is 0 Å². The summed E-state index contributed by atoms with van der Waals surface area (Å²) in [4.78, 5) is 10.2. The molecule has 6 heteroatoms. The zero-order chi connectivity index (χ0) is 14.4. The Hall–Kier alpha value is -0.880. The summed E-state index contributed by atoms with van der Waals surface area (Å²) < 4.78 is 25.9. The van der Waals surface area contributed by atoms with Crippen molar-refractivity contribution in [3.8, 4) is 0 Å². The lowest BCUT2D eigenvalue weighted by Crippen LogP contribution is -1.93. The van der Waals surface area contributed by atoms with Gasteiger partial charge in [0.25, 0.3) is 10.1 Å². The zero-order valence-corrected chi connectivity index (χ0v) is 11.8. The fourth-order valence-corrected chi connectivity index (χ4v) is 1.27. The van der Waals surface area contributed by atoms with Gasteiger partial charge < -0.3 is 5.11 Å². The maximum Gasteiger partial charge on any atom is 0.303 e. The first kappa shape index (κ1) is 19.5. The van der Waals surface area contributed by atoms with Crippen molar-refractivity contribution in [3.63, 3.8) is 0 Å². The minimum Gasteiger partial charge on any atom is -0.481 e. The van der Waals surface area contributed by atoms with Crippen LogP contribution in [-0.4, -0.2) is 30.3 Å². The number of unbranched alkanes of at least 4 members (excludes halogenated alkanes) is 6. The van der Waals surface area contributed by atoms with Crippen molar-refractivity contribution < 1.29 is 22.9 Å². The predicted octanol–water partition coefficient (Wildman–Crippen LogP) is 2.88. The van der Waals surface area contributed by atoms with Crippen LogP contribution < -0.4 is 0 Å². The Labute approximate surface area is 110 Å². The van der Waals surface area contributed by atoms with Gasteiger partial charge in [-0.15, -0.1) is 6.58 Å². The maximum atomic E-state index is 10.2. The standard InChI is InChI=1S/C11H20O2.CH4O3S/c1-2-3-4-5-6-7-8-9-10-11(12)13;1-5(2,3)4/h2H,1,3-10H2,(H,12,13);1H3,(H,2,3,4). The highest BCUT2D eigenvalue weighted by Crippen LogP contribution is 2.08. The molecule has 0 aromatic carbocycles.